The minimum atomic E-state index is -0.461. The molecule has 14 heavy (non-hydrogen) atoms. The van der Waals surface area contributed by atoms with Crippen molar-refractivity contribution in [1.82, 2.24) is 0 Å². The van der Waals surface area contributed by atoms with Crippen LogP contribution in [0.5, 0.6) is 0 Å². The highest BCUT2D eigenvalue weighted by molar-refractivity contribution is 4.75. The maximum atomic E-state index is 8.92. The minimum absolute atomic E-state index is 0.0545. The van der Waals surface area contributed by atoms with Crippen molar-refractivity contribution in [3.63, 3.8) is 0 Å². The summed E-state index contributed by atoms with van der Waals surface area (Å²) >= 11 is 0. The van der Waals surface area contributed by atoms with Crippen LogP contribution in [0.25, 0.3) is 0 Å². The molecule has 1 aliphatic heterocycles. The Bertz CT molecular complexity index is 172. The van der Waals surface area contributed by atoms with Gasteiger partial charge < -0.3 is 14.6 Å². The molecule has 0 aliphatic carbocycles. The van der Waals surface area contributed by atoms with E-state index in [2.05, 4.69) is 13.8 Å². The van der Waals surface area contributed by atoms with E-state index in [1.165, 1.54) is 6.42 Å². The maximum absolute atomic E-state index is 8.92. The lowest BCUT2D eigenvalue weighted by Gasteiger charge is -2.24. The van der Waals surface area contributed by atoms with Crippen molar-refractivity contribution < 1.29 is 14.6 Å². The van der Waals surface area contributed by atoms with Crippen molar-refractivity contribution in [3.05, 3.63) is 0 Å². The average molecular weight is 202 g/mol. The van der Waals surface area contributed by atoms with Crippen LogP contribution in [0.15, 0.2) is 0 Å². The Morgan fingerprint density at radius 3 is 2.79 bits per heavy atom. The van der Waals surface area contributed by atoms with Gasteiger partial charge in [0.05, 0.1) is 13.2 Å². The van der Waals surface area contributed by atoms with Gasteiger partial charge >= 0.3 is 0 Å². The minimum Gasteiger partial charge on any atom is -0.394 e. The smallest absolute Gasteiger partial charge is 0.166 e. The molecule has 1 N–H and O–H groups in total. The molecule has 3 heteroatoms. The molecule has 0 spiro atoms. The highest BCUT2D eigenvalue weighted by Gasteiger charge is 2.36. The van der Waals surface area contributed by atoms with E-state index in [9.17, 15) is 0 Å². The Hall–Kier alpha value is -0.120. The zero-order chi connectivity index (χ0) is 10.6. The third-order valence-electron chi connectivity index (χ3n) is 2.98. The lowest BCUT2D eigenvalue weighted by atomic mass is 9.99. The highest BCUT2D eigenvalue weighted by atomic mass is 16.7. The summed E-state index contributed by atoms with van der Waals surface area (Å²) in [6.45, 7) is 6.97. The summed E-state index contributed by atoms with van der Waals surface area (Å²) in [6, 6.07) is 0. The summed E-state index contributed by atoms with van der Waals surface area (Å²) in [7, 11) is 0. The molecule has 84 valence electrons. The molecule has 0 aromatic heterocycles. The largest absolute Gasteiger partial charge is 0.394 e. The Labute approximate surface area is 86.4 Å². The molecule has 3 unspecified atom stereocenters. The van der Waals surface area contributed by atoms with Gasteiger partial charge in [-0.2, -0.15) is 0 Å². The molecule has 1 rings (SSSR count). The summed E-state index contributed by atoms with van der Waals surface area (Å²) in [5, 5.41) is 8.92. The Morgan fingerprint density at radius 1 is 1.57 bits per heavy atom. The molecule has 3 nitrogen and oxygen atoms in total. The lowest BCUT2D eigenvalue weighted by Crippen LogP contribution is -2.28. The SMILES string of the molecule is CCC(C)CCC1(C)OCC(CO)O1. The van der Waals surface area contributed by atoms with Gasteiger partial charge in [0.1, 0.15) is 6.10 Å². The fourth-order valence-corrected chi connectivity index (χ4v) is 1.62. The summed E-state index contributed by atoms with van der Waals surface area (Å²) < 4.78 is 11.2. The van der Waals surface area contributed by atoms with Crippen LogP contribution in [-0.4, -0.2) is 30.2 Å². The quantitative estimate of drug-likeness (QED) is 0.740. The number of hydrogen-bond acceptors (Lipinski definition) is 3. The molecule has 0 bridgehead atoms. The standard InChI is InChI=1S/C11H22O3/c1-4-9(2)5-6-11(3)13-8-10(7-12)14-11/h9-10,12H,4-8H2,1-3H3. The molecule has 3 atom stereocenters. The molecule has 0 amide bonds. The van der Waals surface area contributed by atoms with E-state index in [4.69, 9.17) is 14.6 Å². The third-order valence-corrected chi connectivity index (χ3v) is 2.98. The van der Waals surface area contributed by atoms with Crippen molar-refractivity contribution in [2.75, 3.05) is 13.2 Å². The van der Waals surface area contributed by atoms with Crippen LogP contribution >= 0.6 is 0 Å². The van der Waals surface area contributed by atoms with Gasteiger partial charge in [-0.1, -0.05) is 20.3 Å². The number of ether oxygens (including phenoxy) is 2. The van der Waals surface area contributed by atoms with Crippen molar-refractivity contribution >= 4 is 0 Å². The molecule has 0 radical (unpaired) electrons. The number of aliphatic hydroxyl groups is 1. The fraction of sp³-hybridized carbons (Fsp3) is 1.00. The zero-order valence-electron chi connectivity index (χ0n) is 9.45. The highest BCUT2D eigenvalue weighted by Crippen LogP contribution is 2.29. The van der Waals surface area contributed by atoms with E-state index >= 15 is 0 Å². The van der Waals surface area contributed by atoms with Crippen LogP contribution < -0.4 is 0 Å². The predicted octanol–water partition coefficient (Wildman–Crippen LogP) is 1.94. The van der Waals surface area contributed by atoms with E-state index in [1.54, 1.807) is 0 Å². The molecule has 0 saturated carbocycles. The normalized spacial score (nSPS) is 34.7. The topological polar surface area (TPSA) is 38.7 Å². The second kappa shape index (κ2) is 5.10. The third kappa shape index (κ3) is 3.23. The molecule has 0 aromatic carbocycles. The lowest BCUT2D eigenvalue weighted by molar-refractivity contribution is -0.163. The Morgan fingerprint density at radius 2 is 2.29 bits per heavy atom. The van der Waals surface area contributed by atoms with Gasteiger partial charge in [0.15, 0.2) is 5.79 Å². The maximum Gasteiger partial charge on any atom is 0.166 e. The van der Waals surface area contributed by atoms with E-state index in [1.807, 2.05) is 6.92 Å². The van der Waals surface area contributed by atoms with Crippen LogP contribution in [0.4, 0.5) is 0 Å². The zero-order valence-corrected chi connectivity index (χ0v) is 9.45. The van der Waals surface area contributed by atoms with Crippen molar-refractivity contribution in [1.29, 1.82) is 0 Å². The van der Waals surface area contributed by atoms with Crippen molar-refractivity contribution in [2.24, 2.45) is 5.92 Å². The molecular formula is C11H22O3. The number of aliphatic hydroxyl groups excluding tert-OH is 1. The predicted molar refractivity (Wildman–Crippen MR) is 55.0 cm³/mol. The summed E-state index contributed by atoms with van der Waals surface area (Å²) in [5.41, 5.74) is 0. The number of rotatable bonds is 5. The summed E-state index contributed by atoms with van der Waals surface area (Å²) in [6.07, 6.45) is 3.10. The van der Waals surface area contributed by atoms with Crippen molar-refractivity contribution in [2.45, 2.75) is 51.9 Å². The van der Waals surface area contributed by atoms with E-state index in [-0.39, 0.29) is 12.7 Å². The first-order valence-electron chi connectivity index (χ1n) is 5.52. The van der Waals surface area contributed by atoms with Crippen LogP contribution in [0.3, 0.4) is 0 Å². The van der Waals surface area contributed by atoms with Gasteiger partial charge in [-0.3, -0.25) is 0 Å². The molecule has 1 saturated heterocycles. The number of hydrogen-bond donors (Lipinski definition) is 1. The van der Waals surface area contributed by atoms with E-state index in [0.717, 1.165) is 12.8 Å². The monoisotopic (exact) mass is 202 g/mol. The van der Waals surface area contributed by atoms with E-state index < -0.39 is 5.79 Å². The van der Waals surface area contributed by atoms with Crippen LogP contribution in [0, 0.1) is 5.92 Å². The summed E-state index contributed by atoms with van der Waals surface area (Å²) in [4.78, 5) is 0. The molecule has 0 aromatic rings. The van der Waals surface area contributed by atoms with Gasteiger partial charge in [-0.25, -0.2) is 0 Å². The fourth-order valence-electron chi connectivity index (χ4n) is 1.62. The van der Waals surface area contributed by atoms with Gasteiger partial charge in [-0.05, 0) is 19.3 Å². The van der Waals surface area contributed by atoms with Gasteiger partial charge in [0, 0.05) is 6.42 Å². The second-order valence-electron chi connectivity index (χ2n) is 4.42. The first-order chi connectivity index (χ1) is 6.59. The molecular weight excluding hydrogens is 180 g/mol. The average Bonchev–Trinajstić information content (AvgIpc) is 2.57. The second-order valence-corrected chi connectivity index (χ2v) is 4.42. The van der Waals surface area contributed by atoms with Crippen molar-refractivity contribution in [3.8, 4) is 0 Å². The first-order valence-corrected chi connectivity index (χ1v) is 5.52. The molecule has 1 aliphatic rings. The Kier molecular flexibility index (Phi) is 4.35. The van der Waals surface area contributed by atoms with Crippen LogP contribution in [-0.2, 0) is 9.47 Å². The Balaban J connectivity index is 2.29. The van der Waals surface area contributed by atoms with Gasteiger partial charge in [0.25, 0.3) is 0 Å². The summed E-state index contributed by atoms with van der Waals surface area (Å²) in [5.74, 6) is 0.254. The van der Waals surface area contributed by atoms with Gasteiger partial charge in [0.2, 0.25) is 0 Å². The van der Waals surface area contributed by atoms with E-state index in [0.29, 0.717) is 12.5 Å². The first kappa shape index (κ1) is 12.0. The van der Waals surface area contributed by atoms with Crippen LogP contribution in [0.1, 0.15) is 40.0 Å². The van der Waals surface area contributed by atoms with Gasteiger partial charge in [-0.15, -0.1) is 0 Å². The molecule has 1 heterocycles. The van der Waals surface area contributed by atoms with Crippen LogP contribution in [0.2, 0.25) is 0 Å². The molecule has 1 fully saturated rings.